The van der Waals surface area contributed by atoms with Crippen LogP contribution < -0.4 is 0 Å². The van der Waals surface area contributed by atoms with Gasteiger partial charge in [0.1, 0.15) is 13.2 Å². The van der Waals surface area contributed by atoms with Gasteiger partial charge >= 0.3 is 11.9 Å². The molecule has 2 heterocycles. The highest BCUT2D eigenvalue weighted by Gasteiger charge is 2.24. The first-order valence-electron chi connectivity index (χ1n) is 9.39. The summed E-state index contributed by atoms with van der Waals surface area (Å²) in [6.07, 6.45) is 2.81. The predicted molar refractivity (Wildman–Crippen MR) is 101 cm³/mol. The van der Waals surface area contributed by atoms with Gasteiger partial charge in [-0.2, -0.15) is 0 Å². The van der Waals surface area contributed by atoms with Crippen LogP contribution in [0.2, 0.25) is 0 Å². The van der Waals surface area contributed by atoms with Crippen LogP contribution in [0.15, 0.2) is 22.7 Å². The number of hydrogen-bond donors (Lipinski definition) is 0. The van der Waals surface area contributed by atoms with Gasteiger partial charge in [-0.15, -0.1) is 0 Å². The highest BCUT2D eigenvalue weighted by Crippen LogP contribution is 2.22. The second kappa shape index (κ2) is 10.2. The Morgan fingerprint density at radius 3 is 1.85 bits per heavy atom. The van der Waals surface area contributed by atoms with E-state index in [2.05, 4.69) is 15.9 Å². The number of halogens is 1. The lowest BCUT2D eigenvalue weighted by atomic mass is 10.0. The van der Waals surface area contributed by atoms with Crippen molar-refractivity contribution in [3.63, 3.8) is 0 Å². The number of benzene rings is 1. The van der Waals surface area contributed by atoms with Crippen LogP contribution in [0, 0.1) is 11.8 Å². The predicted octanol–water partition coefficient (Wildman–Crippen LogP) is 3.39. The summed E-state index contributed by atoms with van der Waals surface area (Å²) >= 11 is 3.44. The van der Waals surface area contributed by atoms with Crippen molar-refractivity contribution in [1.29, 1.82) is 0 Å². The normalized spacial score (nSPS) is 18.9. The van der Waals surface area contributed by atoms with E-state index >= 15 is 0 Å². The summed E-state index contributed by atoms with van der Waals surface area (Å²) < 4.78 is 22.5. The molecule has 0 unspecified atom stereocenters. The molecule has 6 nitrogen and oxygen atoms in total. The summed E-state index contributed by atoms with van der Waals surface area (Å²) in [5.74, 6) is -0.570. The molecule has 3 rings (SSSR count). The van der Waals surface area contributed by atoms with Crippen LogP contribution >= 0.6 is 15.9 Å². The van der Waals surface area contributed by atoms with Crippen LogP contribution in [-0.4, -0.2) is 38.4 Å². The number of carbonyl (C=O) groups excluding carboxylic acids is 2. The molecule has 2 aliphatic rings. The van der Waals surface area contributed by atoms with E-state index in [0.717, 1.165) is 15.6 Å². The zero-order valence-electron chi connectivity index (χ0n) is 15.3. The molecule has 0 bridgehead atoms. The van der Waals surface area contributed by atoms with E-state index in [-0.39, 0.29) is 37.0 Å². The molecule has 2 saturated heterocycles. The number of hydrogen-bond acceptors (Lipinski definition) is 6. The van der Waals surface area contributed by atoms with Crippen LogP contribution in [0.1, 0.15) is 36.8 Å². The average molecular weight is 441 g/mol. The summed E-state index contributed by atoms with van der Waals surface area (Å²) in [6.45, 7) is 2.75. The van der Waals surface area contributed by atoms with Gasteiger partial charge in [-0.05, 0) is 48.9 Å². The van der Waals surface area contributed by atoms with Crippen molar-refractivity contribution in [2.24, 2.45) is 11.8 Å². The van der Waals surface area contributed by atoms with Crippen molar-refractivity contribution in [1.82, 2.24) is 0 Å². The van der Waals surface area contributed by atoms with Crippen LogP contribution in [0.5, 0.6) is 0 Å². The topological polar surface area (TPSA) is 71.1 Å². The molecule has 2 fully saturated rings. The van der Waals surface area contributed by atoms with Gasteiger partial charge in [-0.25, -0.2) is 0 Å². The number of carbonyl (C=O) groups is 2. The first-order chi connectivity index (χ1) is 13.1. The molecule has 1 aromatic carbocycles. The second-order valence-corrected chi connectivity index (χ2v) is 7.82. The molecule has 0 aliphatic carbocycles. The van der Waals surface area contributed by atoms with Crippen molar-refractivity contribution in [3.8, 4) is 0 Å². The fourth-order valence-electron chi connectivity index (χ4n) is 3.27. The highest BCUT2D eigenvalue weighted by molar-refractivity contribution is 9.10. The largest absolute Gasteiger partial charge is 0.461 e. The monoisotopic (exact) mass is 440 g/mol. The van der Waals surface area contributed by atoms with Gasteiger partial charge in [-0.1, -0.05) is 22.0 Å². The SMILES string of the molecule is O=C(OCc1ccc(Br)cc1COC(=O)C1CCOCC1)C1CCOCC1. The Morgan fingerprint density at radius 1 is 0.852 bits per heavy atom. The Hall–Kier alpha value is -1.44. The molecule has 0 spiro atoms. The fraction of sp³-hybridized carbons (Fsp3) is 0.600. The molecule has 27 heavy (non-hydrogen) atoms. The average Bonchev–Trinajstić information content (AvgIpc) is 2.72. The summed E-state index contributed by atoms with van der Waals surface area (Å²) in [5, 5.41) is 0. The molecule has 2 aliphatic heterocycles. The van der Waals surface area contributed by atoms with Crippen LogP contribution in [0.3, 0.4) is 0 Å². The number of esters is 2. The smallest absolute Gasteiger partial charge is 0.309 e. The molecule has 0 atom stereocenters. The lowest BCUT2D eigenvalue weighted by molar-refractivity contribution is -0.154. The van der Waals surface area contributed by atoms with Crippen molar-refractivity contribution in [3.05, 3.63) is 33.8 Å². The van der Waals surface area contributed by atoms with Crippen molar-refractivity contribution in [2.45, 2.75) is 38.9 Å². The minimum absolute atomic E-state index is 0.0935. The minimum Gasteiger partial charge on any atom is -0.461 e. The molecule has 0 radical (unpaired) electrons. The lowest BCUT2D eigenvalue weighted by Gasteiger charge is -2.21. The van der Waals surface area contributed by atoms with E-state index in [0.29, 0.717) is 52.1 Å². The molecule has 1 aromatic rings. The number of ether oxygens (including phenoxy) is 4. The van der Waals surface area contributed by atoms with Crippen molar-refractivity contribution >= 4 is 27.9 Å². The number of rotatable bonds is 6. The molecular weight excluding hydrogens is 416 g/mol. The first-order valence-corrected chi connectivity index (χ1v) is 10.2. The van der Waals surface area contributed by atoms with Gasteiger partial charge in [0.2, 0.25) is 0 Å². The third-order valence-electron chi connectivity index (χ3n) is 5.02. The highest BCUT2D eigenvalue weighted by atomic mass is 79.9. The van der Waals surface area contributed by atoms with Crippen molar-refractivity contribution < 1.29 is 28.5 Å². The maximum atomic E-state index is 12.3. The van der Waals surface area contributed by atoms with Gasteiger partial charge in [-0.3, -0.25) is 9.59 Å². The van der Waals surface area contributed by atoms with E-state index in [1.807, 2.05) is 18.2 Å². The van der Waals surface area contributed by atoms with Gasteiger partial charge in [0.15, 0.2) is 0 Å². The molecular formula is C20H25BrO6. The fourth-order valence-corrected chi connectivity index (χ4v) is 3.68. The maximum Gasteiger partial charge on any atom is 0.309 e. The lowest BCUT2D eigenvalue weighted by Crippen LogP contribution is -2.26. The van der Waals surface area contributed by atoms with E-state index < -0.39 is 0 Å². The van der Waals surface area contributed by atoms with Crippen LogP contribution in [0.4, 0.5) is 0 Å². The van der Waals surface area contributed by atoms with Crippen LogP contribution in [0.25, 0.3) is 0 Å². The van der Waals surface area contributed by atoms with Crippen molar-refractivity contribution in [2.75, 3.05) is 26.4 Å². The van der Waals surface area contributed by atoms with Gasteiger partial charge in [0, 0.05) is 30.9 Å². The molecule has 0 saturated carbocycles. The third kappa shape index (κ3) is 6.02. The first kappa shape index (κ1) is 20.3. The van der Waals surface area contributed by atoms with E-state index in [1.165, 1.54) is 0 Å². The zero-order valence-corrected chi connectivity index (χ0v) is 16.9. The van der Waals surface area contributed by atoms with Crippen LogP contribution in [-0.2, 0) is 41.8 Å². The van der Waals surface area contributed by atoms with Gasteiger partial charge in [0.25, 0.3) is 0 Å². The van der Waals surface area contributed by atoms with E-state index in [4.69, 9.17) is 18.9 Å². The second-order valence-electron chi connectivity index (χ2n) is 6.90. The van der Waals surface area contributed by atoms with Gasteiger partial charge < -0.3 is 18.9 Å². The maximum absolute atomic E-state index is 12.3. The molecule has 7 heteroatoms. The standard InChI is InChI=1S/C20H25BrO6/c21-18-2-1-16(12-26-19(22)14-3-7-24-8-4-14)17(11-18)13-27-20(23)15-5-9-25-10-6-15/h1-2,11,14-15H,3-10,12-13H2. The Morgan fingerprint density at radius 2 is 1.33 bits per heavy atom. The molecule has 0 amide bonds. The minimum atomic E-state index is -0.191. The Labute approximate surface area is 167 Å². The molecule has 0 aromatic heterocycles. The van der Waals surface area contributed by atoms with Gasteiger partial charge in [0.05, 0.1) is 11.8 Å². The Kier molecular flexibility index (Phi) is 7.67. The summed E-state index contributed by atoms with van der Waals surface area (Å²) in [6, 6.07) is 5.68. The van der Waals surface area contributed by atoms with E-state index in [1.54, 1.807) is 0 Å². The third-order valence-corrected chi connectivity index (χ3v) is 5.51. The molecule has 0 N–H and O–H groups in total. The summed E-state index contributed by atoms with van der Waals surface area (Å²) in [5.41, 5.74) is 1.68. The van der Waals surface area contributed by atoms with E-state index in [9.17, 15) is 9.59 Å². The quantitative estimate of drug-likeness (QED) is 0.631. The molecule has 148 valence electrons. The Balaban J connectivity index is 1.55. The summed E-state index contributed by atoms with van der Waals surface area (Å²) in [7, 11) is 0. The summed E-state index contributed by atoms with van der Waals surface area (Å²) in [4.78, 5) is 24.5. The zero-order chi connectivity index (χ0) is 19.1. The Bertz CT molecular complexity index is 650.